The van der Waals surface area contributed by atoms with Gasteiger partial charge in [-0.15, -0.1) is 0 Å². The maximum Gasteiger partial charge on any atom is 0.311 e. The van der Waals surface area contributed by atoms with Gasteiger partial charge in [-0.25, -0.2) is 0 Å². The number of rotatable bonds is 4. The summed E-state index contributed by atoms with van der Waals surface area (Å²) >= 11 is 0. The number of esters is 1. The second-order valence-corrected chi connectivity index (χ2v) is 6.80. The molecule has 0 saturated heterocycles. The van der Waals surface area contributed by atoms with Crippen LogP contribution in [0.5, 0.6) is 11.5 Å². The number of carbonyl (C=O) groups is 2. The molecule has 0 fully saturated rings. The number of nitrogens with zero attached hydrogens (tertiary/aromatic N) is 1. The molecule has 1 atom stereocenters. The van der Waals surface area contributed by atoms with E-state index in [1.165, 1.54) is 11.1 Å². The van der Waals surface area contributed by atoms with Crippen LogP contribution in [0, 0.1) is 0 Å². The van der Waals surface area contributed by atoms with Crippen LogP contribution in [0.1, 0.15) is 36.1 Å². The Balaban J connectivity index is 1.96. The highest BCUT2D eigenvalue weighted by atomic mass is 16.6. The lowest BCUT2D eigenvalue weighted by molar-refractivity contribution is -0.134. The molecule has 2 aliphatic rings. The lowest BCUT2D eigenvalue weighted by Crippen LogP contribution is -2.35. The minimum Gasteiger partial charge on any atom is -0.425 e. The molecule has 0 radical (unpaired) electrons. The summed E-state index contributed by atoms with van der Waals surface area (Å²) in [5, 5.41) is 0. The van der Waals surface area contributed by atoms with Gasteiger partial charge in [-0.2, -0.15) is 0 Å². The first-order valence-corrected chi connectivity index (χ1v) is 8.93. The van der Waals surface area contributed by atoms with Gasteiger partial charge >= 0.3 is 5.97 Å². The SMILES string of the molecule is CCC(=O)Oc1c(OC=O)ccc2c1-c1cccc3c1C(C2)N(C)CC3. The van der Waals surface area contributed by atoms with Gasteiger partial charge in [0, 0.05) is 24.6 Å². The maximum atomic E-state index is 12.0. The molecule has 26 heavy (non-hydrogen) atoms. The number of benzene rings is 2. The number of ether oxygens (including phenoxy) is 2. The number of hydrogen-bond donors (Lipinski definition) is 0. The van der Waals surface area contributed by atoms with E-state index >= 15 is 0 Å². The van der Waals surface area contributed by atoms with E-state index in [9.17, 15) is 9.59 Å². The summed E-state index contributed by atoms with van der Waals surface area (Å²) in [4.78, 5) is 25.3. The van der Waals surface area contributed by atoms with Gasteiger partial charge in [0.1, 0.15) is 0 Å². The molecule has 0 bridgehead atoms. The van der Waals surface area contributed by atoms with Crippen molar-refractivity contribution in [1.29, 1.82) is 0 Å². The van der Waals surface area contributed by atoms with Gasteiger partial charge in [-0.1, -0.05) is 31.2 Å². The fourth-order valence-corrected chi connectivity index (χ4v) is 4.08. The molecule has 5 heteroatoms. The molecule has 2 aromatic rings. The first-order valence-electron chi connectivity index (χ1n) is 8.93. The predicted molar refractivity (Wildman–Crippen MR) is 97.3 cm³/mol. The van der Waals surface area contributed by atoms with E-state index in [-0.39, 0.29) is 18.1 Å². The molecule has 134 valence electrons. The van der Waals surface area contributed by atoms with Crippen molar-refractivity contribution in [2.24, 2.45) is 0 Å². The normalized spacial score (nSPS) is 17.8. The highest BCUT2D eigenvalue weighted by Gasteiger charge is 2.35. The Labute approximate surface area is 152 Å². The molecule has 1 aliphatic heterocycles. The Kier molecular flexibility index (Phi) is 4.24. The topological polar surface area (TPSA) is 55.8 Å². The fourth-order valence-electron chi connectivity index (χ4n) is 4.08. The molecule has 0 aromatic heterocycles. The van der Waals surface area contributed by atoms with Gasteiger partial charge in [-0.3, -0.25) is 14.5 Å². The maximum absolute atomic E-state index is 12.0. The molecule has 5 nitrogen and oxygen atoms in total. The third-order valence-electron chi connectivity index (χ3n) is 5.37. The van der Waals surface area contributed by atoms with Crippen LogP contribution in [0.2, 0.25) is 0 Å². The molecule has 4 rings (SSSR count). The summed E-state index contributed by atoms with van der Waals surface area (Å²) in [6, 6.07) is 10.3. The van der Waals surface area contributed by atoms with E-state index in [4.69, 9.17) is 9.47 Å². The number of fused-ring (bicyclic) bond motifs is 2. The summed E-state index contributed by atoms with van der Waals surface area (Å²) in [7, 11) is 2.15. The van der Waals surface area contributed by atoms with Crippen LogP contribution in [-0.4, -0.2) is 30.9 Å². The van der Waals surface area contributed by atoms with E-state index in [0.29, 0.717) is 18.3 Å². The average Bonchev–Trinajstić information content (AvgIpc) is 2.66. The van der Waals surface area contributed by atoms with Gasteiger partial charge in [-0.05, 0) is 48.2 Å². The standard InChI is InChI=1S/C21H21NO4/c1-3-18(24)26-21-17(25-12-23)8-7-14-11-16-19-13(9-10-22(16)2)5-4-6-15(19)20(14)21/h4-8,12,16H,3,9-11H2,1-2H3. The van der Waals surface area contributed by atoms with Crippen molar-refractivity contribution in [2.45, 2.75) is 32.2 Å². The molecule has 1 unspecified atom stereocenters. The zero-order valence-corrected chi connectivity index (χ0v) is 15.0. The van der Waals surface area contributed by atoms with E-state index in [0.717, 1.165) is 36.1 Å². The number of hydrogen-bond acceptors (Lipinski definition) is 5. The summed E-state index contributed by atoms with van der Waals surface area (Å²) in [5.41, 5.74) is 5.67. The van der Waals surface area contributed by atoms with Gasteiger partial charge < -0.3 is 9.47 Å². The van der Waals surface area contributed by atoms with Crippen molar-refractivity contribution >= 4 is 12.4 Å². The molecular formula is C21H21NO4. The Bertz CT molecular complexity index is 890. The molecule has 0 N–H and O–H groups in total. The van der Waals surface area contributed by atoms with Crippen LogP contribution in [0.25, 0.3) is 11.1 Å². The predicted octanol–water partition coefficient (Wildman–Crippen LogP) is 3.29. The summed E-state index contributed by atoms with van der Waals surface area (Å²) in [6.07, 6.45) is 2.09. The third-order valence-corrected chi connectivity index (χ3v) is 5.37. The average molecular weight is 351 g/mol. The van der Waals surface area contributed by atoms with Crippen LogP contribution in [0.4, 0.5) is 0 Å². The lowest BCUT2D eigenvalue weighted by atomic mass is 9.77. The highest BCUT2D eigenvalue weighted by Crippen LogP contribution is 2.50. The van der Waals surface area contributed by atoms with Crippen molar-refractivity contribution in [3.05, 3.63) is 47.0 Å². The van der Waals surface area contributed by atoms with Crippen LogP contribution in [-0.2, 0) is 22.4 Å². The largest absolute Gasteiger partial charge is 0.425 e. The van der Waals surface area contributed by atoms with Crippen molar-refractivity contribution in [3.8, 4) is 22.6 Å². The monoisotopic (exact) mass is 351 g/mol. The fraction of sp³-hybridized carbons (Fsp3) is 0.333. The lowest BCUT2D eigenvalue weighted by Gasteiger charge is -2.40. The summed E-state index contributed by atoms with van der Waals surface area (Å²) in [6.45, 7) is 3.14. The summed E-state index contributed by atoms with van der Waals surface area (Å²) < 4.78 is 10.7. The molecule has 0 amide bonds. The van der Waals surface area contributed by atoms with Crippen molar-refractivity contribution in [3.63, 3.8) is 0 Å². The zero-order chi connectivity index (χ0) is 18.3. The Morgan fingerprint density at radius 2 is 2.12 bits per heavy atom. The van der Waals surface area contributed by atoms with Gasteiger partial charge in [0.2, 0.25) is 0 Å². The highest BCUT2D eigenvalue weighted by molar-refractivity contribution is 5.86. The zero-order valence-electron chi connectivity index (χ0n) is 15.0. The molecular weight excluding hydrogens is 330 g/mol. The van der Waals surface area contributed by atoms with Crippen LogP contribution in [0.3, 0.4) is 0 Å². The van der Waals surface area contributed by atoms with Crippen LogP contribution >= 0.6 is 0 Å². The Hall–Kier alpha value is -2.66. The first kappa shape index (κ1) is 16.8. The van der Waals surface area contributed by atoms with Gasteiger partial charge in [0.15, 0.2) is 11.5 Å². The smallest absolute Gasteiger partial charge is 0.311 e. The first-order chi connectivity index (χ1) is 12.6. The molecule has 2 aromatic carbocycles. The molecule has 0 spiro atoms. The van der Waals surface area contributed by atoms with E-state index < -0.39 is 0 Å². The Morgan fingerprint density at radius 1 is 1.27 bits per heavy atom. The van der Waals surface area contributed by atoms with Crippen molar-refractivity contribution < 1.29 is 19.1 Å². The molecule has 1 heterocycles. The Morgan fingerprint density at radius 3 is 2.88 bits per heavy atom. The minimum atomic E-state index is -0.349. The van der Waals surface area contributed by atoms with Crippen molar-refractivity contribution in [2.75, 3.05) is 13.6 Å². The molecule has 1 aliphatic carbocycles. The molecule has 0 saturated carbocycles. The second kappa shape index (κ2) is 6.57. The number of carbonyl (C=O) groups excluding carboxylic acids is 2. The van der Waals surface area contributed by atoms with Gasteiger partial charge in [0.05, 0.1) is 0 Å². The van der Waals surface area contributed by atoms with Crippen molar-refractivity contribution in [1.82, 2.24) is 4.90 Å². The van der Waals surface area contributed by atoms with E-state index in [1.54, 1.807) is 13.0 Å². The van der Waals surface area contributed by atoms with E-state index in [2.05, 4.69) is 24.1 Å². The minimum absolute atomic E-state index is 0.252. The quantitative estimate of drug-likeness (QED) is 0.481. The number of likely N-dealkylation sites (N-methyl/N-ethyl adjacent to an activating group) is 1. The van der Waals surface area contributed by atoms with Crippen LogP contribution in [0.15, 0.2) is 30.3 Å². The summed E-state index contributed by atoms with van der Waals surface area (Å²) in [5.74, 6) is 0.278. The van der Waals surface area contributed by atoms with Crippen LogP contribution < -0.4 is 9.47 Å². The third kappa shape index (κ3) is 2.59. The second-order valence-electron chi connectivity index (χ2n) is 6.80. The van der Waals surface area contributed by atoms with Gasteiger partial charge in [0.25, 0.3) is 6.47 Å². The van der Waals surface area contributed by atoms with E-state index in [1.807, 2.05) is 12.1 Å².